The van der Waals surface area contributed by atoms with Gasteiger partial charge in [0.05, 0.1) is 11.5 Å². The average molecular weight is 294 g/mol. The van der Waals surface area contributed by atoms with Crippen molar-refractivity contribution in [2.45, 2.75) is 13.2 Å². The molecule has 0 fully saturated rings. The summed E-state index contributed by atoms with van der Waals surface area (Å²) in [7, 11) is 0. The molecule has 0 heterocycles. The van der Waals surface area contributed by atoms with Crippen molar-refractivity contribution in [1.82, 2.24) is 0 Å². The van der Waals surface area contributed by atoms with Crippen LogP contribution in [0.25, 0.3) is 0 Å². The number of halogens is 1. The largest absolute Gasteiger partial charge is 0.489 e. The van der Waals surface area contributed by atoms with E-state index in [9.17, 15) is 15.2 Å². The highest BCUT2D eigenvalue weighted by Crippen LogP contribution is 2.24. The number of non-ortho nitro benzene ring substituents is 1. The number of benzene rings is 2. The number of aliphatic hydroxyl groups is 1. The second-order valence-electron chi connectivity index (χ2n) is 4.13. The van der Waals surface area contributed by atoms with Gasteiger partial charge in [-0.2, -0.15) is 0 Å². The molecule has 0 aliphatic heterocycles. The Morgan fingerprint density at radius 3 is 2.75 bits per heavy atom. The Balaban J connectivity index is 2.12. The van der Waals surface area contributed by atoms with Crippen molar-refractivity contribution in [2.24, 2.45) is 0 Å². The van der Waals surface area contributed by atoms with Crippen LogP contribution in [0, 0.1) is 10.1 Å². The second-order valence-corrected chi connectivity index (χ2v) is 4.56. The van der Waals surface area contributed by atoms with Gasteiger partial charge in [0.2, 0.25) is 0 Å². The monoisotopic (exact) mass is 293 g/mol. The molecule has 0 amide bonds. The Kier molecular flexibility index (Phi) is 4.55. The maximum absolute atomic E-state index is 10.7. The molecule has 104 valence electrons. The van der Waals surface area contributed by atoms with E-state index in [4.69, 9.17) is 16.3 Å². The summed E-state index contributed by atoms with van der Waals surface area (Å²) >= 11 is 5.83. The van der Waals surface area contributed by atoms with Crippen LogP contribution in [-0.4, -0.2) is 10.0 Å². The fourth-order valence-electron chi connectivity index (χ4n) is 1.73. The number of hydrogen-bond donors (Lipinski definition) is 1. The Morgan fingerprint density at radius 2 is 2.05 bits per heavy atom. The molecule has 1 N–H and O–H groups in total. The number of nitrogens with zero attached hydrogens (tertiary/aromatic N) is 1. The minimum atomic E-state index is -0.453. The van der Waals surface area contributed by atoms with Crippen LogP contribution >= 0.6 is 11.6 Å². The van der Waals surface area contributed by atoms with E-state index in [1.807, 2.05) is 0 Å². The number of nitro groups is 1. The van der Waals surface area contributed by atoms with Gasteiger partial charge < -0.3 is 9.84 Å². The lowest BCUT2D eigenvalue weighted by Gasteiger charge is -2.10. The summed E-state index contributed by atoms with van der Waals surface area (Å²) in [5, 5.41) is 20.4. The number of rotatable bonds is 5. The van der Waals surface area contributed by atoms with E-state index in [2.05, 4.69) is 0 Å². The van der Waals surface area contributed by atoms with Crippen molar-refractivity contribution in [3.63, 3.8) is 0 Å². The summed E-state index contributed by atoms with van der Waals surface area (Å²) in [4.78, 5) is 10.2. The van der Waals surface area contributed by atoms with Crippen LogP contribution in [0.1, 0.15) is 11.1 Å². The normalized spacial score (nSPS) is 10.3. The molecule has 0 bridgehead atoms. The molecule has 0 atom stereocenters. The van der Waals surface area contributed by atoms with Crippen molar-refractivity contribution in [2.75, 3.05) is 0 Å². The quantitative estimate of drug-likeness (QED) is 0.678. The summed E-state index contributed by atoms with van der Waals surface area (Å²) in [5.74, 6) is 0.503. The Bertz CT molecular complexity index is 630. The van der Waals surface area contributed by atoms with Crippen molar-refractivity contribution < 1.29 is 14.8 Å². The first-order valence-electron chi connectivity index (χ1n) is 5.85. The molecule has 0 aliphatic rings. The maximum atomic E-state index is 10.7. The third kappa shape index (κ3) is 3.46. The standard InChI is InChI=1S/C14H12ClNO4/c15-12-4-5-14(11(7-12)8-17)20-9-10-2-1-3-13(6-10)16(18)19/h1-7,17H,8-9H2. The van der Waals surface area contributed by atoms with Gasteiger partial charge in [-0.05, 0) is 23.8 Å². The van der Waals surface area contributed by atoms with E-state index >= 15 is 0 Å². The zero-order valence-corrected chi connectivity index (χ0v) is 11.2. The second kappa shape index (κ2) is 6.36. The Morgan fingerprint density at radius 1 is 1.25 bits per heavy atom. The zero-order valence-electron chi connectivity index (χ0n) is 10.5. The van der Waals surface area contributed by atoms with Gasteiger partial charge in [-0.15, -0.1) is 0 Å². The molecule has 2 aromatic rings. The molecule has 6 heteroatoms. The SMILES string of the molecule is O=[N+]([O-])c1cccc(COc2ccc(Cl)cc2CO)c1. The van der Waals surface area contributed by atoms with E-state index in [0.717, 1.165) is 0 Å². The molecule has 2 rings (SSSR count). The lowest BCUT2D eigenvalue weighted by molar-refractivity contribution is -0.384. The van der Waals surface area contributed by atoms with Gasteiger partial charge in [0, 0.05) is 22.7 Å². The fourth-order valence-corrected chi connectivity index (χ4v) is 1.93. The molecule has 0 unspecified atom stereocenters. The molecule has 0 saturated heterocycles. The molecular weight excluding hydrogens is 282 g/mol. The minimum Gasteiger partial charge on any atom is -0.489 e. The molecule has 0 radical (unpaired) electrons. The number of ether oxygens (including phenoxy) is 1. The van der Waals surface area contributed by atoms with Crippen molar-refractivity contribution in [1.29, 1.82) is 0 Å². The maximum Gasteiger partial charge on any atom is 0.269 e. The molecule has 0 aliphatic carbocycles. The molecule has 20 heavy (non-hydrogen) atoms. The van der Waals surface area contributed by atoms with Crippen LogP contribution in [0.15, 0.2) is 42.5 Å². The first-order chi connectivity index (χ1) is 9.60. The topological polar surface area (TPSA) is 72.6 Å². The first kappa shape index (κ1) is 14.3. The third-order valence-electron chi connectivity index (χ3n) is 2.71. The molecule has 0 saturated carbocycles. The highest BCUT2D eigenvalue weighted by molar-refractivity contribution is 6.30. The van der Waals surface area contributed by atoms with Crippen LogP contribution in [0.5, 0.6) is 5.75 Å². The summed E-state index contributed by atoms with van der Waals surface area (Å²) in [6.45, 7) is -0.0128. The predicted molar refractivity (Wildman–Crippen MR) is 74.8 cm³/mol. The van der Waals surface area contributed by atoms with Crippen molar-refractivity contribution in [3.8, 4) is 5.75 Å². The van der Waals surface area contributed by atoms with Crippen LogP contribution in [0.3, 0.4) is 0 Å². The van der Waals surface area contributed by atoms with Gasteiger partial charge in [0.15, 0.2) is 0 Å². The van der Waals surface area contributed by atoms with Crippen LogP contribution in [-0.2, 0) is 13.2 Å². The Hall–Kier alpha value is -2.11. The lowest BCUT2D eigenvalue weighted by Crippen LogP contribution is -1.99. The predicted octanol–water partition coefficient (Wildman–Crippen LogP) is 3.32. The van der Waals surface area contributed by atoms with Gasteiger partial charge in [0.1, 0.15) is 12.4 Å². The molecule has 2 aromatic carbocycles. The lowest BCUT2D eigenvalue weighted by atomic mass is 10.2. The summed E-state index contributed by atoms with van der Waals surface area (Å²) in [5.41, 5.74) is 1.27. The molecule has 0 spiro atoms. The average Bonchev–Trinajstić information content (AvgIpc) is 2.46. The first-order valence-corrected chi connectivity index (χ1v) is 6.23. The van der Waals surface area contributed by atoms with E-state index in [1.54, 1.807) is 30.3 Å². The fraction of sp³-hybridized carbons (Fsp3) is 0.143. The van der Waals surface area contributed by atoms with Crippen molar-refractivity contribution in [3.05, 3.63) is 68.7 Å². The van der Waals surface area contributed by atoms with E-state index in [1.165, 1.54) is 12.1 Å². The van der Waals surface area contributed by atoms with E-state index in [0.29, 0.717) is 21.9 Å². The summed E-state index contributed by atoms with van der Waals surface area (Å²) in [6, 6.07) is 11.1. The van der Waals surface area contributed by atoms with Crippen LogP contribution < -0.4 is 4.74 Å². The van der Waals surface area contributed by atoms with E-state index < -0.39 is 4.92 Å². The number of nitro benzene ring substituents is 1. The zero-order chi connectivity index (χ0) is 14.5. The van der Waals surface area contributed by atoms with Gasteiger partial charge in [-0.25, -0.2) is 0 Å². The molecule has 0 aromatic heterocycles. The Labute approximate surface area is 120 Å². The van der Waals surface area contributed by atoms with Crippen molar-refractivity contribution >= 4 is 17.3 Å². The summed E-state index contributed by atoms with van der Waals surface area (Å²) < 4.78 is 5.56. The smallest absolute Gasteiger partial charge is 0.269 e. The van der Waals surface area contributed by atoms with Gasteiger partial charge >= 0.3 is 0 Å². The summed E-state index contributed by atoms with van der Waals surface area (Å²) in [6.07, 6.45) is 0. The minimum absolute atomic E-state index is 0.0181. The van der Waals surface area contributed by atoms with Crippen LogP contribution in [0.4, 0.5) is 5.69 Å². The molecular formula is C14H12ClNO4. The third-order valence-corrected chi connectivity index (χ3v) is 2.94. The highest BCUT2D eigenvalue weighted by atomic mass is 35.5. The van der Waals surface area contributed by atoms with E-state index in [-0.39, 0.29) is 18.9 Å². The molecule has 5 nitrogen and oxygen atoms in total. The van der Waals surface area contributed by atoms with Gasteiger partial charge in [-0.1, -0.05) is 23.7 Å². The van der Waals surface area contributed by atoms with Gasteiger partial charge in [0.25, 0.3) is 5.69 Å². The van der Waals surface area contributed by atoms with Gasteiger partial charge in [-0.3, -0.25) is 10.1 Å². The number of aliphatic hydroxyl groups excluding tert-OH is 1. The number of hydrogen-bond acceptors (Lipinski definition) is 4. The van der Waals surface area contributed by atoms with Crippen LogP contribution in [0.2, 0.25) is 5.02 Å². The highest BCUT2D eigenvalue weighted by Gasteiger charge is 2.08.